The number of para-hydroxylation sites is 1. The molecule has 2 aromatic carbocycles. The van der Waals surface area contributed by atoms with Gasteiger partial charge in [-0.2, -0.15) is 0 Å². The first-order chi connectivity index (χ1) is 13.2. The van der Waals surface area contributed by atoms with Crippen molar-refractivity contribution in [3.63, 3.8) is 0 Å². The minimum Gasteiger partial charge on any atom is -0.372 e. The smallest absolute Gasteiger partial charge is 0.277 e. The molecule has 1 aromatic heterocycles. The maximum atomic E-state index is 13.3. The molecular weight excluding hydrogens is 334 g/mol. The van der Waals surface area contributed by atoms with Gasteiger partial charge in [-0.3, -0.25) is 9.78 Å². The summed E-state index contributed by atoms with van der Waals surface area (Å²) in [4.78, 5) is 21.7. The van der Waals surface area contributed by atoms with Gasteiger partial charge in [0, 0.05) is 30.7 Å². The average molecular weight is 359 g/mol. The second-order valence-electron chi connectivity index (χ2n) is 6.28. The lowest BCUT2D eigenvalue weighted by Crippen LogP contribution is -2.31. The number of hydrogen-bond acceptors (Lipinski definition) is 3. The van der Waals surface area contributed by atoms with Crippen LogP contribution in [0.5, 0.6) is 0 Å². The van der Waals surface area contributed by atoms with Crippen molar-refractivity contribution in [3.8, 4) is 0 Å². The molecule has 0 unspecified atom stereocenters. The van der Waals surface area contributed by atoms with E-state index >= 15 is 0 Å². The van der Waals surface area contributed by atoms with Crippen molar-refractivity contribution in [1.29, 1.82) is 0 Å². The van der Waals surface area contributed by atoms with Crippen LogP contribution >= 0.6 is 0 Å². The molecular formula is C23H25N3O. The normalized spacial score (nSPS) is 10.4. The van der Waals surface area contributed by atoms with Gasteiger partial charge in [-0.05, 0) is 43.7 Å². The molecule has 0 atom stereocenters. The van der Waals surface area contributed by atoms with Gasteiger partial charge in [0.1, 0.15) is 5.69 Å². The summed E-state index contributed by atoms with van der Waals surface area (Å²) < 4.78 is 0. The Morgan fingerprint density at radius 3 is 2.11 bits per heavy atom. The van der Waals surface area contributed by atoms with Crippen LogP contribution in [-0.2, 0) is 6.54 Å². The van der Waals surface area contributed by atoms with E-state index in [9.17, 15) is 4.79 Å². The number of rotatable bonds is 7. The summed E-state index contributed by atoms with van der Waals surface area (Å²) >= 11 is 0. The van der Waals surface area contributed by atoms with Crippen LogP contribution in [0.2, 0.25) is 0 Å². The lowest BCUT2D eigenvalue weighted by Gasteiger charge is -2.24. The third-order valence-corrected chi connectivity index (χ3v) is 4.59. The predicted molar refractivity (Wildman–Crippen MR) is 111 cm³/mol. The van der Waals surface area contributed by atoms with Gasteiger partial charge >= 0.3 is 0 Å². The van der Waals surface area contributed by atoms with E-state index in [2.05, 4.69) is 23.7 Å². The first-order valence-corrected chi connectivity index (χ1v) is 9.34. The second kappa shape index (κ2) is 8.99. The summed E-state index contributed by atoms with van der Waals surface area (Å²) in [5.41, 5.74) is 3.42. The number of carbonyl (C=O) groups excluding carboxylic acids is 1. The van der Waals surface area contributed by atoms with Gasteiger partial charge in [0.15, 0.2) is 0 Å². The van der Waals surface area contributed by atoms with Gasteiger partial charge < -0.3 is 9.80 Å². The minimum absolute atomic E-state index is 0.0981. The van der Waals surface area contributed by atoms with E-state index in [-0.39, 0.29) is 5.91 Å². The second-order valence-corrected chi connectivity index (χ2v) is 6.28. The monoisotopic (exact) mass is 359 g/mol. The summed E-state index contributed by atoms with van der Waals surface area (Å²) in [7, 11) is 0. The van der Waals surface area contributed by atoms with E-state index in [1.54, 1.807) is 11.1 Å². The lowest BCUT2D eigenvalue weighted by molar-refractivity contribution is 0.0980. The lowest BCUT2D eigenvalue weighted by atomic mass is 10.1. The summed E-state index contributed by atoms with van der Waals surface area (Å²) in [6.07, 6.45) is 1.71. The molecule has 0 saturated carbocycles. The van der Waals surface area contributed by atoms with E-state index in [1.165, 1.54) is 0 Å². The Hall–Kier alpha value is -3.14. The number of amides is 1. The van der Waals surface area contributed by atoms with E-state index in [1.807, 2.05) is 72.8 Å². The molecule has 3 aromatic rings. The van der Waals surface area contributed by atoms with Crippen molar-refractivity contribution in [3.05, 3.63) is 90.3 Å². The molecule has 0 N–H and O–H groups in total. The molecule has 1 heterocycles. The summed E-state index contributed by atoms with van der Waals surface area (Å²) in [6.45, 7) is 6.50. The molecule has 0 bridgehead atoms. The third-order valence-electron chi connectivity index (χ3n) is 4.59. The van der Waals surface area contributed by atoms with Crippen molar-refractivity contribution >= 4 is 17.3 Å². The zero-order valence-corrected chi connectivity index (χ0v) is 15.9. The van der Waals surface area contributed by atoms with Crippen LogP contribution in [0, 0.1) is 0 Å². The molecule has 4 heteroatoms. The Labute approximate surface area is 161 Å². The van der Waals surface area contributed by atoms with Gasteiger partial charge in [-0.15, -0.1) is 0 Å². The van der Waals surface area contributed by atoms with E-state index in [4.69, 9.17) is 0 Å². The fraction of sp³-hybridized carbons (Fsp3) is 0.217. The topological polar surface area (TPSA) is 36.4 Å². The van der Waals surface area contributed by atoms with Crippen LogP contribution in [0.3, 0.4) is 0 Å². The molecule has 0 aliphatic rings. The highest BCUT2D eigenvalue weighted by atomic mass is 16.2. The Morgan fingerprint density at radius 1 is 0.852 bits per heavy atom. The molecule has 0 fully saturated rings. The Kier molecular flexibility index (Phi) is 6.21. The average Bonchev–Trinajstić information content (AvgIpc) is 2.74. The van der Waals surface area contributed by atoms with Crippen molar-refractivity contribution < 1.29 is 4.79 Å². The zero-order chi connectivity index (χ0) is 19.1. The summed E-state index contributed by atoms with van der Waals surface area (Å²) in [6, 6.07) is 23.6. The largest absolute Gasteiger partial charge is 0.372 e. The predicted octanol–water partition coefficient (Wildman–Crippen LogP) is 4.77. The Bertz CT molecular complexity index is 861. The van der Waals surface area contributed by atoms with Gasteiger partial charge in [-0.1, -0.05) is 48.5 Å². The standard InChI is InChI=1S/C23H25N3O/c1-3-25(4-2)21-15-16-24-22(17-21)23(27)26(20-13-9-6-10-14-20)18-19-11-7-5-8-12-19/h5-17H,3-4,18H2,1-2H3. The molecule has 0 radical (unpaired) electrons. The van der Waals surface area contributed by atoms with Crippen LogP contribution in [0.4, 0.5) is 11.4 Å². The highest BCUT2D eigenvalue weighted by Crippen LogP contribution is 2.21. The van der Waals surface area contributed by atoms with Crippen molar-refractivity contribution in [1.82, 2.24) is 4.98 Å². The number of nitrogens with zero attached hydrogens (tertiary/aromatic N) is 3. The Morgan fingerprint density at radius 2 is 1.48 bits per heavy atom. The molecule has 0 saturated heterocycles. The van der Waals surface area contributed by atoms with Crippen LogP contribution in [0.25, 0.3) is 0 Å². The number of anilines is 2. The third kappa shape index (κ3) is 4.53. The quantitative estimate of drug-likeness (QED) is 0.609. The summed E-state index contributed by atoms with van der Waals surface area (Å²) in [5.74, 6) is -0.0981. The SMILES string of the molecule is CCN(CC)c1ccnc(C(=O)N(Cc2ccccc2)c2ccccc2)c1. The molecule has 27 heavy (non-hydrogen) atoms. The highest BCUT2D eigenvalue weighted by Gasteiger charge is 2.20. The number of pyridine rings is 1. The van der Waals surface area contributed by atoms with E-state index in [0.29, 0.717) is 12.2 Å². The molecule has 4 nitrogen and oxygen atoms in total. The molecule has 1 amide bonds. The van der Waals surface area contributed by atoms with Gasteiger partial charge in [0.25, 0.3) is 5.91 Å². The van der Waals surface area contributed by atoms with Crippen LogP contribution in [0.1, 0.15) is 29.9 Å². The first kappa shape index (κ1) is 18.6. The van der Waals surface area contributed by atoms with Gasteiger partial charge in [-0.25, -0.2) is 0 Å². The Balaban J connectivity index is 1.95. The van der Waals surface area contributed by atoms with Crippen molar-refractivity contribution in [2.24, 2.45) is 0 Å². The minimum atomic E-state index is -0.0981. The fourth-order valence-electron chi connectivity index (χ4n) is 3.11. The van der Waals surface area contributed by atoms with Gasteiger partial charge in [0.05, 0.1) is 6.54 Å². The van der Waals surface area contributed by atoms with Crippen LogP contribution in [-0.4, -0.2) is 24.0 Å². The zero-order valence-electron chi connectivity index (χ0n) is 15.9. The van der Waals surface area contributed by atoms with Crippen molar-refractivity contribution in [2.75, 3.05) is 22.9 Å². The van der Waals surface area contributed by atoms with E-state index < -0.39 is 0 Å². The number of hydrogen-bond donors (Lipinski definition) is 0. The highest BCUT2D eigenvalue weighted by molar-refractivity contribution is 6.05. The summed E-state index contributed by atoms with van der Waals surface area (Å²) in [5, 5.41) is 0. The fourth-order valence-corrected chi connectivity index (χ4v) is 3.11. The maximum Gasteiger partial charge on any atom is 0.277 e. The molecule has 0 spiro atoms. The van der Waals surface area contributed by atoms with Crippen LogP contribution in [0.15, 0.2) is 79.0 Å². The van der Waals surface area contributed by atoms with Crippen LogP contribution < -0.4 is 9.80 Å². The first-order valence-electron chi connectivity index (χ1n) is 9.34. The molecule has 3 rings (SSSR count). The van der Waals surface area contributed by atoms with Crippen molar-refractivity contribution in [2.45, 2.75) is 20.4 Å². The van der Waals surface area contributed by atoms with E-state index in [0.717, 1.165) is 30.0 Å². The number of benzene rings is 2. The molecule has 0 aliphatic carbocycles. The number of carbonyl (C=O) groups is 1. The number of aromatic nitrogens is 1. The molecule has 0 aliphatic heterocycles. The van der Waals surface area contributed by atoms with Gasteiger partial charge in [0.2, 0.25) is 0 Å². The maximum absolute atomic E-state index is 13.3. The molecule has 138 valence electrons.